The van der Waals surface area contributed by atoms with Crippen molar-refractivity contribution in [2.24, 2.45) is 5.73 Å². The number of carbonyl (C=O) groups excluding carboxylic acids is 2. The second-order valence-electron chi connectivity index (χ2n) is 4.94. The molecular formula is C15H18N2O2S. The van der Waals surface area contributed by atoms with Gasteiger partial charge in [0.15, 0.2) is 0 Å². The molecule has 106 valence electrons. The molecule has 1 aromatic carbocycles. The van der Waals surface area contributed by atoms with E-state index in [-0.39, 0.29) is 24.2 Å². The molecule has 2 amide bonds. The number of nitrogens with zero attached hydrogens (tertiary/aromatic N) is 1. The van der Waals surface area contributed by atoms with Crippen molar-refractivity contribution >= 4 is 29.0 Å². The van der Waals surface area contributed by atoms with E-state index in [9.17, 15) is 9.59 Å². The second-order valence-corrected chi connectivity index (χ2v) is 5.94. The Hall–Kier alpha value is -1.59. The highest BCUT2D eigenvalue weighted by molar-refractivity contribution is 8.18. The molecule has 1 aromatic rings. The van der Waals surface area contributed by atoms with E-state index in [1.807, 2.05) is 24.3 Å². The smallest absolute Gasteiger partial charge is 0.293 e. The predicted octanol–water partition coefficient (Wildman–Crippen LogP) is 2.81. The number of thioether (sulfide) groups is 1. The van der Waals surface area contributed by atoms with Crippen molar-refractivity contribution in [3.63, 3.8) is 0 Å². The number of benzene rings is 1. The zero-order valence-corrected chi connectivity index (χ0v) is 12.4. The molecule has 4 nitrogen and oxygen atoms in total. The molecule has 0 saturated carbocycles. The number of carbonyl (C=O) groups is 2. The Bertz CT molecular complexity index is 549. The number of imide groups is 1. The third kappa shape index (κ3) is 3.11. The van der Waals surface area contributed by atoms with E-state index < -0.39 is 0 Å². The summed E-state index contributed by atoms with van der Waals surface area (Å²) >= 11 is 0.970. The lowest BCUT2D eigenvalue weighted by molar-refractivity contribution is -0.122. The van der Waals surface area contributed by atoms with Crippen LogP contribution in [0.25, 0.3) is 6.08 Å². The Morgan fingerprint density at radius 3 is 2.45 bits per heavy atom. The highest BCUT2D eigenvalue weighted by Gasteiger charge is 2.34. The molecule has 1 aliphatic rings. The van der Waals surface area contributed by atoms with Gasteiger partial charge in [-0.3, -0.25) is 14.5 Å². The molecule has 0 unspecified atom stereocenters. The number of amides is 2. The molecule has 1 aliphatic heterocycles. The van der Waals surface area contributed by atoms with Crippen LogP contribution in [0.3, 0.4) is 0 Å². The first-order valence-electron chi connectivity index (χ1n) is 6.58. The molecule has 20 heavy (non-hydrogen) atoms. The largest absolute Gasteiger partial charge is 0.329 e. The highest BCUT2D eigenvalue weighted by atomic mass is 32.2. The Kier molecular flexibility index (Phi) is 4.62. The zero-order valence-electron chi connectivity index (χ0n) is 11.6. The van der Waals surface area contributed by atoms with E-state index in [4.69, 9.17) is 5.73 Å². The van der Waals surface area contributed by atoms with Gasteiger partial charge in [-0.25, -0.2) is 0 Å². The van der Waals surface area contributed by atoms with Gasteiger partial charge in [-0.2, -0.15) is 0 Å². The average Bonchev–Trinajstić information content (AvgIpc) is 2.67. The summed E-state index contributed by atoms with van der Waals surface area (Å²) in [5, 5.41) is -0.245. The lowest BCUT2D eigenvalue weighted by Gasteiger charge is -2.09. The minimum atomic E-state index is -0.251. The van der Waals surface area contributed by atoms with E-state index in [0.29, 0.717) is 10.8 Å². The topological polar surface area (TPSA) is 63.4 Å². The van der Waals surface area contributed by atoms with E-state index in [1.165, 1.54) is 10.5 Å². The molecule has 0 bridgehead atoms. The van der Waals surface area contributed by atoms with Crippen LogP contribution in [0, 0.1) is 0 Å². The van der Waals surface area contributed by atoms with Crippen molar-refractivity contribution in [1.82, 2.24) is 4.90 Å². The summed E-state index contributed by atoms with van der Waals surface area (Å²) < 4.78 is 0. The number of hydrogen-bond donors (Lipinski definition) is 1. The summed E-state index contributed by atoms with van der Waals surface area (Å²) in [6, 6.07) is 8.01. The Labute approximate surface area is 123 Å². The average molecular weight is 290 g/mol. The maximum Gasteiger partial charge on any atom is 0.293 e. The first-order valence-corrected chi connectivity index (χ1v) is 7.40. The zero-order chi connectivity index (χ0) is 14.7. The van der Waals surface area contributed by atoms with Crippen molar-refractivity contribution in [1.29, 1.82) is 0 Å². The summed E-state index contributed by atoms with van der Waals surface area (Å²) in [6.45, 7) is 4.82. The second kappa shape index (κ2) is 6.24. The normalized spacial score (nSPS) is 17.6. The molecule has 1 saturated heterocycles. The highest BCUT2D eigenvalue weighted by Crippen LogP contribution is 2.32. The van der Waals surface area contributed by atoms with E-state index in [0.717, 1.165) is 17.3 Å². The third-order valence-corrected chi connectivity index (χ3v) is 4.03. The number of nitrogens with two attached hydrogens (primary N) is 1. The van der Waals surface area contributed by atoms with Crippen LogP contribution in [-0.4, -0.2) is 29.1 Å². The molecule has 0 aliphatic carbocycles. The van der Waals surface area contributed by atoms with Crippen molar-refractivity contribution in [3.8, 4) is 0 Å². The van der Waals surface area contributed by atoms with Gasteiger partial charge in [0, 0.05) is 13.1 Å². The molecule has 2 rings (SSSR count). The molecule has 5 heteroatoms. The van der Waals surface area contributed by atoms with Gasteiger partial charge in [-0.05, 0) is 34.9 Å². The fourth-order valence-corrected chi connectivity index (χ4v) is 2.82. The molecule has 0 atom stereocenters. The standard InChI is InChI=1S/C15H18N2O2S/c1-10(2)12-5-3-11(4-6-12)9-13-14(18)17(8-7-16)15(19)20-13/h3-6,9-10H,7-8,16H2,1-2H3/b13-9-. The van der Waals surface area contributed by atoms with Crippen molar-refractivity contribution in [3.05, 3.63) is 40.3 Å². The van der Waals surface area contributed by atoms with E-state index in [2.05, 4.69) is 13.8 Å². The molecule has 1 fully saturated rings. The Morgan fingerprint density at radius 1 is 1.25 bits per heavy atom. The van der Waals surface area contributed by atoms with Gasteiger partial charge in [0.1, 0.15) is 0 Å². The summed E-state index contributed by atoms with van der Waals surface area (Å²) in [7, 11) is 0. The molecule has 0 spiro atoms. The van der Waals surface area contributed by atoms with Crippen molar-refractivity contribution in [2.45, 2.75) is 19.8 Å². The first kappa shape index (κ1) is 14.8. The molecule has 0 radical (unpaired) electrons. The Morgan fingerprint density at radius 2 is 1.90 bits per heavy atom. The third-order valence-electron chi connectivity index (χ3n) is 3.13. The minimum absolute atomic E-state index is 0.245. The fourth-order valence-electron chi connectivity index (χ4n) is 1.95. The maximum atomic E-state index is 12.0. The van der Waals surface area contributed by atoms with Crippen LogP contribution in [0.5, 0.6) is 0 Å². The molecule has 2 N–H and O–H groups in total. The maximum absolute atomic E-state index is 12.0. The van der Waals surface area contributed by atoms with Crippen molar-refractivity contribution in [2.75, 3.05) is 13.1 Å². The predicted molar refractivity (Wildman–Crippen MR) is 82.3 cm³/mol. The van der Waals surface area contributed by atoms with E-state index in [1.54, 1.807) is 6.08 Å². The Balaban J connectivity index is 2.19. The minimum Gasteiger partial charge on any atom is -0.329 e. The summed E-state index contributed by atoms with van der Waals surface area (Å²) in [5.74, 6) is 0.221. The van der Waals surface area contributed by atoms with Crippen LogP contribution in [0.15, 0.2) is 29.2 Å². The van der Waals surface area contributed by atoms with Gasteiger partial charge in [0.05, 0.1) is 4.91 Å². The lowest BCUT2D eigenvalue weighted by atomic mass is 10.0. The van der Waals surface area contributed by atoms with Crippen LogP contribution in [0.4, 0.5) is 4.79 Å². The van der Waals surface area contributed by atoms with Crippen LogP contribution in [0.2, 0.25) is 0 Å². The van der Waals surface area contributed by atoms with Gasteiger partial charge in [-0.15, -0.1) is 0 Å². The number of rotatable bonds is 4. The summed E-state index contributed by atoms with van der Waals surface area (Å²) in [6.07, 6.45) is 1.76. The van der Waals surface area contributed by atoms with Gasteiger partial charge in [0.2, 0.25) is 0 Å². The lowest BCUT2D eigenvalue weighted by Crippen LogP contribution is -2.33. The quantitative estimate of drug-likeness (QED) is 0.866. The van der Waals surface area contributed by atoms with E-state index >= 15 is 0 Å². The summed E-state index contributed by atoms with van der Waals surface area (Å²) in [5.41, 5.74) is 7.57. The molecular weight excluding hydrogens is 272 g/mol. The van der Waals surface area contributed by atoms with Crippen LogP contribution in [-0.2, 0) is 4.79 Å². The van der Waals surface area contributed by atoms with Crippen LogP contribution in [0.1, 0.15) is 30.9 Å². The van der Waals surface area contributed by atoms with Gasteiger partial charge >= 0.3 is 0 Å². The SMILES string of the molecule is CC(C)c1ccc(/C=C2\SC(=O)N(CCN)C2=O)cc1. The monoisotopic (exact) mass is 290 g/mol. The van der Waals surface area contributed by atoms with Gasteiger partial charge in [0.25, 0.3) is 11.1 Å². The fraction of sp³-hybridized carbons (Fsp3) is 0.333. The molecule has 0 aromatic heterocycles. The number of hydrogen-bond acceptors (Lipinski definition) is 4. The molecule has 1 heterocycles. The first-order chi connectivity index (χ1) is 9.52. The summed E-state index contributed by atoms with van der Waals surface area (Å²) in [4.78, 5) is 25.4. The van der Waals surface area contributed by atoms with Crippen molar-refractivity contribution < 1.29 is 9.59 Å². The van der Waals surface area contributed by atoms with Crippen LogP contribution < -0.4 is 5.73 Å². The van der Waals surface area contributed by atoms with Gasteiger partial charge < -0.3 is 5.73 Å². The van der Waals surface area contributed by atoms with Crippen LogP contribution >= 0.6 is 11.8 Å². The van der Waals surface area contributed by atoms with Gasteiger partial charge in [-0.1, -0.05) is 38.1 Å².